The first-order chi connectivity index (χ1) is 7.83. The summed E-state index contributed by atoms with van der Waals surface area (Å²) in [5.41, 5.74) is 3.45. The van der Waals surface area contributed by atoms with E-state index in [1.807, 2.05) is 0 Å². The average Bonchev–Trinajstić information content (AvgIpc) is 2.73. The molecule has 0 atom stereocenters. The van der Waals surface area contributed by atoms with E-state index >= 15 is 0 Å². The molecule has 0 spiro atoms. The predicted octanol–water partition coefficient (Wildman–Crippen LogP) is 1.28. The van der Waals surface area contributed by atoms with E-state index in [9.17, 15) is 0 Å². The standard InChI is InChI=1S/C12H16N4/c1-9-2-3-10-11(8-9)15-12(14-10)16-6-4-13-5-7-16/h2-3,8,13H,4-7H2,1H3,(H,14,15). The maximum absolute atomic E-state index is 4.62. The Kier molecular flexibility index (Phi) is 2.29. The van der Waals surface area contributed by atoms with Crippen LogP contribution in [0.15, 0.2) is 18.2 Å². The van der Waals surface area contributed by atoms with Crippen LogP contribution in [0.2, 0.25) is 0 Å². The minimum absolute atomic E-state index is 1.00. The zero-order valence-electron chi connectivity index (χ0n) is 9.45. The van der Waals surface area contributed by atoms with E-state index in [1.165, 1.54) is 5.56 Å². The van der Waals surface area contributed by atoms with Crippen molar-refractivity contribution in [2.24, 2.45) is 0 Å². The van der Waals surface area contributed by atoms with Crippen molar-refractivity contribution < 1.29 is 0 Å². The van der Waals surface area contributed by atoms with Crippen molar-refractivity contribution in [1.82, 2.24) is 15.3 Å². The van der Waals surface area contributed by atoms with E-state index in [0.717, 1.165) is 43.2 Å². The molecule has 2 heterocycles. The quantitative estimate of drug-likeness (QED) is 0.754. The van der Waals surface area contributed by atoms with Gasteiger partial charge in [-0.3, -0.25) is 0 Å². The van der Waals surface area contributed by atoms with E-state index in [2.05, 4.69) is 45.3 Å². The molecule has 0 saturated carbocycles. The second kappa shape index (κ2) is 3.79. The lowest BCUT2D eigenvalue weighted by atomic mass is 10.2. The summed E-state index contributed by atoms with van der Waals surface area (Å²) in [6.45, 7) is 6.23. The van der Waals surface area contributed by atoms with Gasteiger partial charge in [0.1, 0.15) is 0 Å². The van der Waals surface area contributed by atoms with Crippen LogP contribution >= 0.6 is 0 Å². The van der Waals surface area contributed by atoms with Crippen LogP contribution in [0.4, 0.5) is 5.95 Å². The highest BCUT2D eigenvalue weighted by Crippen LogP contribution is 2.18. The summed E-state index contributed by atoms with van der Waals surface area (Å²) in [6, 6.07) is 6.33. The lowest BCUT2D eigenvalue weighted by molar-refractivity contribution is 0.582. The fourth-order valence-corrected chi connectivity index (χ4v) is 2.14. The van der Waals surface area contributed by atoms with Crippen molar-refractivity contribution in [3.63, 3.8) is 0 Å². The third kappa shape index (κ3) is 1.65. The maximum Gasteiger partial charge on any atom is 0.203 e. The molecule has 2 aromatic rings. The lowest BCUT2D eigenvalue weighted by Gasteiger charge is -2.26. The van der Waals surface area contributed by atoms with Crippen LogP contribution < -0.4 is 10.2 Å². The number of aryl methyl sites for hydroxylation is 1. The van der Waals surface area contributed by atoms with E-state index in [0.29, 0.717) is 0 Å². The van der Waals surface area contributed by atoms with Crippen molar-refractivity contribution in [2.75, 3.05) is 31.1 Å². The Hall–Kier alpha value is -1.55. The number of imidazole rings is 1. The van der Waals surface area contributed by atoms with Gasteiger partial charge in [-0.05, 0) is 24.6 Å². The average molecular weight is 216 g/mol. The zero-order chi connectivity index (χ0) is 11.0. The molecular weight excluding hydrogens is 200 g/mol. The zero-order valence-corrected chi connectivity index (χ0v) is 9.45. The number of piperazine rings is 1. The van der Waals surface area contributed by atoms with Crippen LogP contribution in [0.1, 0.15) is 5.56 Å². The Labute approximate surface area is 94.7 Å². The van der Waals surface area contributed by atoms with Crippen molar-refractivity contribution in [3.8, 4) is 0 Å². The molecule has 0 amide bonds. The monoisotopic (exact) mass is 216 g/mol. The summed E-state index contributed by atoms with van der Waals surface area (Å²) >= 11 is 0. The van der Waals surface area contributed by atoms with Gasteiger partial charge in [-0.2, -0.15) is 0 Å². The van der Waals surface area contributed by atoms with E-state index < -0.39 is 0 Å². The Morgan fingerprint density at radius 1 is 1.25 bits per heavy atom. The number of nitrogens with one attached hydrogen (secondary N) is 2. The Balaban J connectivity index is 1.97. The van der Waals surface area contributed by atoms with Gasteiger partial charge in [-0.1, -0.05) is 6.07 Å². The van der Waals surface area contributed by atoms with Gasteiger partial charge in [0.15, 0.2) is 0 Å². The first kappa shape index (κ1) is 9.66. The molecule has 1 aromatic heterocycles. The fraction of sp³-hybridized carbons (Fsp3) is 0.417. The van der Waals surface area contributed by atoms with Crippen LogP contribution in [-0.2, 0) is 0 Å². The molecule has 1 fully saturated rings. The summed E-state index contributed by atoms with van der Waals surface area (Å²) in [6.07, 6.45) is 0. The summed E-state index contributed by atoms with van der Waals surface area (Å²) in [4.78, 5) is 10.3. The van der Waals surface area contributed by atoms with Gasteiger partial charge in [0.05, 0.1) is 11.0 Å². The van der Waals surface area contributed by atoms with Gasteiger partial charge in [0.25, 0.3) is 0 Å². The third-order valence-corrected chi connectivity index (χ3v) is 3.04. The van der Waals surface area contributed by atoms with Gasteiger partial charge in [-0.15, -0.1) is 0 Å². The van der Waals surface area contributed by atoms with Gasteiger partial charge in [0.2, 0.25) is 5.95 Å². The smallest absolute Gasteiger partial charge is 0.203 e. The number of aromatic amines is 1. The largest absolute Gasteiger partial charge is 0.340 e. The van der Waals surface area contributed by atoms with E-state index in [-0.39, 0.29) is 0 Å². The van der Waals surface area contributed by atoms with Gasteiger partial charge in [-0.25, -0.2) is 4.98 Å². The Bertz CT molecular complexity index is 497. The minimum Gasteiger partial charge on any atom is -0.340 e. The number of benzene rings is 1. The molecule has 16 heavy (non-hydrogen) atoms. The molecule has 1 aromatic carbocycles. The van der Waals surface area contributed by atoms with E-state index in [1.54, 1.807) is 0 Å². The van der Waals surface area contributed by atoms with Crippen LogP contribution in [0.5, 0.6) is 0 Å². The number of H-pyrrole nitrogens is 1. The minimum atomic E-state index is 1.00. The number of anilines is 1. The molecule has 1 aliphatic rings. The van der Waals surface area contributed by atoms with E-state index in [4.69, 9.17) is 0 Å². The molecule has 4 nitrogen and oxygen atoms in total. The molecule has 1 aliphatic heterocycles. The maximum atomic E-state index is 4.62. The second-order valence-corrected chi connectivity index (χ2v) is 4.32. The van der Waals surface area contributed by atoms with Crippen LogP contribution in [0, 0.1) is 6.92 Å². The SMILES string of the molecule is Cc1ccc2nc(N3CCNCC3)[nH]c2c1. The summed E-state index contributed by atoms with van der Waals surface area (Å²) in [5, 5.41) is 3.34. The van der Waals surface area contributed by atoms with Crippen molar-refractivity contribution in [3.05, 3.63) is 23.8 Å². The summed E-state index contributed by atoms with van der Waals surface area (Å²) in [5.74, 6) is 1.00. The topological polar surface area (TPSA) is 44.0 Å². The number of hydrogen-bond acceptors (Lipinski definition) is 3. The predicted molar refractivity (Wildman–Crippen MR) is 65.9 cm³/mol. The van der Waals surface area contributed by atoms with Crippen LogP contribution in [-0.4, -0.2) is 36.1 Å². The van der Waals surface area contributed by atoms with Crippen LogP contribution in [0.3, 0.4) is 0 Å². The highest BCUT2D eigenvalue weighted by atomic mass is 15.3. The summed E-state index contributed by atoms with van der Waals surface area (Å²) < 4.78 is 0. The fourth-order valence-electron chi connectivity index (χ4n) is 2.14. The normalized spacial score (nSPS) is 16.9. The Morgan fingerprint density at radius 3 is 2.88 bits per heavy atom. The highest BCUT2D eigenvalue weighted by molar-refractivity contribution is 5.78. The van der Waals surface area contributed by atoms with Crippen LogP contribution in [0.25, 0.3) is 11.0 Å². The molecule has 84 valence electrons. The van der Waals surface area contributed by atoms with Gasteiger partial charge in [0, 0.05) is 26.2 Å². The van der Waals surface area contributed by atoms with Crippen molar-refractivity contribution in [1.29, 1.82) is 0 Å². The number of hydrogen-bond donors (Lipinski definition) is 2. The second-order valence-electron chi connectivity index (χ2n) is 4.32. The number of rotatable bonds is 1. The molecular formula is C12H16N4. The lowest BCUT2D eigenvalue weighted by Crippen LogP contribution is -2.44. The first-order valence-corrected chi connectivity index (χ1v) is 5.75. The molecule has 0 aliphatic carbocycles. The highest BCUT2D eigenvalue weighted by Gasteiger charge is 2.13. The van der Waals surface area contributed by atoms with Crippen molar-refractivity contribution >= 4 is 17.0 Å². The number of fused-ring (bicyclic) bond motifs is 1. The molecule has 4 heteroatoms. The van der Waals surface area contributed by atoms with Crippen molar-refractivity contribution in [2.45, 2.75) is 6.92 Å². The number of aromatic nitrogens is 2. The molecule has 3 rings (SSSR count). The third-order valence-electron chi connectivity index (χ3n) is 3.04. The molecule has 0 unspecified atom stereocenters. The molecule has 1 saturated heterocycles. The van der Waals surface area contributed by atoms with Gasteiger partial charge >= 0.3 is 0 Å². The Morgan fingerprint density at radius 2 is 2.06 bits per heavy atom. The van der Waals surface area contributed by atoms with Gasteiger partial charge < -0.3 is 15.2 Å². The molecule has 0 radical (unpaired) electrons. The summed E-state index contributed by atoms with van der Waals surface area (Å²) in [7, 11) is 0. The number of nitrogens with zero attached hydrogens (tertiary/aromatic N) is 2. The first-order valence-electron chi connectivity index (χ1n) is 5.75. The molecule has 0 bridgehead atoms. The molecule has 2 N–H and O–H groups in total.